The molecule has 0 radical (unpaired) electrons. The van der Waals surface area contributed by atoms with Crippen LogP contribution in [0.15, 0.2) is 36.7 Å². The van der Waals surface area contributed by atoms with Crippen LogP contribution >= 0.6 is 11.6 Å². The first-order valence-electron chi connectivity index (χ1n) is 5.37. The highest BCUT2D eigenvalue weighted by Crippen LogP contribution is 2.23. The molecule has 2 rings (SSSR count). The van der Waals surface area contributed by atoms with Gasteiger partial charge in [-0.15, -0.1) is 0 Å². The van der Waals surface area contributed by atoms with Gasteiger partial charge in [-0.1, -0.05) is 17.7 Å². The van der Waals surface area contributed by atoms with Crippen molar-refractivity contribution in [1.82, 2.24) is 4.98 Å². The molecule has 0 saturated carbocycles. The predicted molar refractivity (Wildman–Crippen MR) is 66.2 cm³/mol. The van der Waals surface area contributed by atoms with Crippen LogP contribution in [0.25, 0.3) is 0 Å². The number of halogens is 3. The van der Waals surface area contributed by atoms with Crippen molar-refractivity contribution in [1.29, 1.82) is 0 Å². The molecule has 0 fully saturated rings. The molecular formula is C13H11ClF2N2. The van der Waals surface area contributed by atoms with E-state index in [-0.39, 0.29) is 6.04 Å². The quantitative estimate of drug-likeness (QED) is 0.928. The Hall–Kier alpha value is -1.52. The number of hydrogen-bond acceptors (Lipinski definition) is 2. The Morgan fingerprint density at radius 3 is 2.67 bits per heavy atom. The van der Waals surface area contributed by atoms with E-state index in [1.54, 1.807) is 12.3 Å². The summed E-state index contributed by atoms with van der Waals surface area (Å²) in [5.41, 5.74) is 7.34. The maximum absolute atomic E-state index is 13.1. The van der Waals surface area contributed by atoms with E-state index in [0.717, 1.165) is 17.7 Å². The largest absolute Gasteiger partial charge is 0.324 e. The van der Waals surface area contributed by atoms with E-state index in [4.69, 9.17) is 17.3 Å². The van der Waals surface area contributed by atoms with E-state index < -0.39 is 11.6 Å². The lowest BCUT2D eigenvalue weighted by Crippen LogP contribution is -2.14. The molecule has 1 aromatic carbocycles. The monoisotopic (exact) mass is 268 g/mol. The summed E-state index contributed by atoms with van der Waals surface area (Å²) in [7, 11) is 0. The summed E-state index contributed by atoms with van der Waals surface area (Å²) in [6.45, 7) is 0. The van der Waals surface area contributed by atoms with Gasteiger partial charge in [-0.2, -0.15) is 0 Å². The summed E-state index contributed by atoms with van der Waals surface area (Å²) in [5, 5.41) is 0.465. The highest BCUT2D eigenvalue weighted by atomic mass is 35.5. The molecule has 0 saturated heterocycles. The molecule has 18 heavy (non-hydrogen) atoms. The number of aromatic nitrogens is 1. The van der Waals surface area contributed by atoms with Gasteiger partial charge < -0.3 is 5.73 Å². The molecule has 2 aromatic rings. The van der Waals surface area contributed by atoms with Gasteiger partial charge in [0.25, 0.3) is 0 Å². The van der Waals surface area contributed by atoms with E-state index in [0.29, 0.717) is 17.0 Å². The van der Waals surface area contributed by atoms with Crippen molar-refractivity contribution in [2.75, 3.05) is 0 Å². The molecule has 5 heteroatoms. The first kappa shape index (κ1) is 12.9. The molecule has 0 spiro atoms. The molecular weight excluding hydrogens is 258 g/mol. The first-order valence-corrected chi connectivity index (χ1v) is 5.74. The summed E-state index contributed by atoms with van der Waals surface area (Å²) >= 11 is 5.97. The molecule has 0 aliphatic carbocycles. The fourth-order valence-electron chi connectivity index (χ4n) is 1.72. The molecule has 1 aromatic heterocycles. The van der Waals surface area contributed by atoms with Crippen molar-refractivity contribution < 1.29 is 8.78 Å². The van der Waals surface area contributed by atoms with Gasteiger partial charge in [-0.05, 0) is 35.7 Å². The van der Waals surface area contributed by atoms with E-state index in [2.05, 4.69) is 4.98 Å². The minimum atomic E-state index is -0.875. The van der Waals surface area contributed by atoms with Gasteiger partial charge in [-0.3, -0.25) is 4.98 Å². The zero-order valence-electron chi connectivity index (χ0n) is 9.41. The van der Waals surface area contributed by atoms with Gasteiger partial charge in [0.15, 0.2) is 11.6 Å². The van der Waals surface area contributed by atoms with Gasteiger partial charge in [0.05, 0.1) is 5.02 Å². The zero-order valence-corrected chi connectivity index (χ0v) is 10.2. The fourth-order valence-corrected chi connectivity index (χ4v) is 1.98. The maximum Gasteiger partial charge on any atom is 0.159 e. The number of pyridine rings is 1. The predicted octanol–water partition coefficient (Wildman–Crippen LogP) is 3.26. The fraction of sp³-hybridized carbons (Fsp3) is 0.154. The standard InChI is InChI=1S/C13H11ClF2N2/c14-10-7-18-4-3-9(10)13(17)6-8-1-2-11(15)12(16)5-8/h1-5,7,13H,6,17H2. The number of nitrogens with zero attached hydrogens (tertiary/aromatic N) is 1. The van der Waals surface area contributed by atoms with Crippen LogP contribution in [0.3, 0.4) is 0 Å². The minimum Gasteiger partial charge on any atom is -0.324 e. The van der Waals surface area contributed by atoms with Gasteiger partial charge >= 0.3 is 0 Å². The third kappa shape index (κ3) is 2.83. The van der Waals surface area contributed by atoms with E-state index in [9.17, 15) is 8.78 Å². The van der Waals surface area contributed by atoms with E-state index in [1.807, 2.05) is 0 Å². The van der Waals surface area contributed by atoms with Gasteiger partial charge in [-0.25, -0.2) is 8.78 Å². The van der Waals surface area contributed by atoms with Crippen LogP contribution in [0.4, 0.5) is 8.78 Å². The molecule has 2 N–H and O–H groups in total. The summed E-state index contributed by atoms with van der Waals surface area (Å²) < 4.78 is 25.8. The van der Waals surface area contributed by atoms with Crippen LogP contribution in [-0.2, 0) is 6.42 Å². The van der Waals surface area contributed by atoms with Crippen molar-refractivity contribution >= 4 is 11.6 Å². The SMILES string of the molecule is NC(Cc1ccc(F)c(F)c1)c1ccncc1Cl. The van der Waals surface area contributed by atoms with Gasteiger partial charge in [0.2, 0.25) is 0 Å². The second kappa shape index (κ2) is 5.42. The molecule has 0 aliphatic rings. The maximum atomic E-state index is 13.1. The van der Waals surface area contributed by atoms with E-state index >= 15 is 0 Å². The van der Waals surface area contributed by atoms with Crippen LogP contribution in [0.5, 0.6) is 0 Å². The van der Waals surface area contributed by atoms with Crippen molar-refractivity contribution in [2.45, 2.75) is 12.5 Å². The third-order valence-electron chi connectivity index (χ3n) is 2.64. The Labute approximate surface area is 108 Å². The van der Waals surface area contributed by atoms with Crippen molar-refractivity contribution in [3.8, 4) is 0 Å². The van der Waals surface area contributed by atoms with Crippen molar-refractivity contribution in [3.05, 3.63) is 64.4 Å². The number of benzene rings is 1. The molecule has 1 atom stereocenters. The van der Waals surface area contributed by atoms with Crippen LogP contribution < -0.4 is 5.73 Å². The average molecular weight is 269 g/mol. The summed E-state index contributed by atoms with van der Waals surface area (Å²) in [5.74, 6) is -1.74. The lowest BCUT2D eigenvalue weighted by Gasteiger charge is -2.13. The smallest absolute Gasteiger partial charge is 0.159 e. The first-order chi connectivity index (χ1) is 8.58. The number of nitrogens with two attached hydrogens (primary N) is 1. The van der Waals surface area contributed by atoms with E-state index in [1.165, 1.54) is 12.3 Å². The molecule has 0 aliphatic heterocycles. The molecule has 0 amide bonds. The lowest BCUT2D eigenvalue weighted by atomic mass is 10.0. The topological polar surface area (TPSA) is 38.9 Å². The van der Waals surface area contributed by atoms with Crippen LogP contribution in [-0.4, -0.2) is 4.98 Å². The Kier molecular flexibility index (Phi) is 3.89. The molecule has 1 heterocycles. The summed E-state index contributed by atoms with van der Waals surface area (Å²) in [6, 6.07) is 5.07. The second-order valence-electron chi connectivity index (χ2n) is 3.96. The number of hydrogen-bond donors (Lipinski definition) is 1. The normalized spacial score (nSPS) is 12.4. The Balaban J connectivity index is 2.19. The highest BCUT2D eigenvalue weighted by Gasteiger charge is 2.12. The number of rotatable bonds is 3. The molecule has 94 valence electrons. The molecule has 0 bridgehead atoms. The Morgan fingerprint density at radius 2 is 2.00 bits per heavy atom. The van der Waals surface area contributed by atoms with Crippen LogP contribution in [0, 0.1) is 11.6 Å². The third-order valence-corrected chi connectivity index (χ3v) is 2.96. The minimum absolute atomic E-state index is 0.376. The second-order valence-corrected chi connectivity index (χ2v) is 4.36. The summed E-state index contributed by atoms with van der Waals surface area (Å²) in [6.07, 6.45) is 3.47. The van der Waals surface area contributed by atoms with Gasteiger partial charge in [0.1, 0.15) is 0 Å². The Bertz CT molecular complexity index is 560. The van der Waals surface area contributed by atoms with Crippen LogP contribution in [0.2, 0.25) is 5.02 Å². The van der Waals surface area contributed by atoms with Crippen LogP contribution in [0.1, 0.15) is 17.2 Å². The van der Waals surface area contributed by atoms with Crippen molar-refractivity contribution in [2.24, 2.45) is 5.73 Å². The summed E-state index contributed by atoms with van der Waals surface area (Å²) in [4.78, 5) is 3.86. The molecule has 1 unspecified atom stereocenters. The van der Waals surface area contributed by atoms with Gasteiger partial charge in [0, 0.05) is 18.4 Å². The van der Waals surface area contributed by atoms with Crippen molar-refractivity contribution in [3.63, 3.8) is 0 Å². The lowest BCUT2D eigenvalue weighted by molar-refractivity contribution is 0.506. The Morgan fingerprint density at radius 1 is 1.22 bits per heavy atom. The molecule has 2 nitrogen and oxygen atoms in total. The zero-order chi connectivity index (χ0) is 13.1. The highest BCUT2D eigenvalue weighted by molar-refractivity contribution is 6.31. The average Bonchev–Trinajstić information content (AvgIpc) is 2.34.